The lowest BCUT2D eigenvalue weighted by atomic mass is 9.92. The second-order valence-electron chi connectivity index (χ2n) is 7.39. The molecule has 0 unspecified atom stereocenters. The Morgan fingerprint density at radius 1 is 1.14 bits per heavy atom. The number of anilines is 1. The molecule has 0 aromatic heterocycles. The average molecular weight is 391 g/mol. The fourth-order valence-electron chi connectivity index (χ4n) is 3.50. The standard InChI is InChI=1S/C20H29N3O5/c1-27-15-7-5-14(6-8-15)22-20(26)23-17-10-9-16(28-18(17)12-24)11-19(25)21-13-3-2-4-13/h5-8,13,16-18,24H,2-4,9-12H2,1H3,(H,21,25)(H2,22,23,26)/t16-,17+,18-/m0/s1. The molecule has 1 aromatic carbocycles. The number of rotatable bonds is 7. The third-order valence-electron chi connectivity index (χ3n) is 5.34. The van der Waals surface area contributed by atoms with E-state index >= 15 is 0 Å². The summed E-state index contributed by atoms with van der Waals surface area (Å²) in [4.78, 5) is 24.3. The zero-order chi connectivity index (χ0) is 19.9. The molecule has 4 N–H and O–H groups in total. The van der Waals surface area contributed by atoms with Gasteiger partial charge in [-0.15, -0.1) is 0 Å². The van der Waals surface area contributed by atoms with Crippen molar-refractivity contribution >= 4 is 17.6 Å². The largest absolute Gasteiger partial charge is 0.497 e. The number of carbonyl (C=O) groups excluding carboxylic acids is 2. The van der Waals surface area contributed by atoms with E-state index in [1.54, 1.807) is 31.4 Å². The van der Waals surface area contributed by atoms with E-state index in [4.69, 9.17) is 9.47 Å². The summed E-state index contributed by atoms with van der Waals surface area (Å²) in [6, 6.07) is 6.64. The third-order valence-corrected chi connectivity index (χ3v) is 5.34. The number of benzene rings is 1. The summed E-state index contributed by atoms with van der Waals surface area (Å²) in [5, 5.41) is 18.3. The van der Waals surface area contributed by atoms with Crippen molar-refractivity contribution in [2.24, 2.45) is 0 Å². The highest BCUT2D eigenvalue weighted by Gasteiger charge is 2.33. The summed E-state index contributed by atoms with van der Waals surface area (Å²) in [7, 11) is 1.58. The summed E-state index contributed by atoms with van der Waals surface area (Å²) in [6.07, 6.45) is 4.08. The first-order valence-electron chi connectivity index (χ1n) is 9.84. The van der Waals surface area contributed by atoms with Crippen molar-refractivity contribution in [1.82, 2.24) is 10.6 Å². The van der Waals surface area contributed by atoms with Gasteiger partial charge in [-0.05, 0) is 56.4 Å². The van der Waals surface area contributed by atoms with Crippen molar-refractivity contribution in [1.29, 1.82) is 0 Å². The van der Waals surface area contributed by atoms with Gasteiger partial charge in [-0.3, -0.25) is 4.79 Å². The predicted octanol–water partition coefficient (Wildman–Crippen LogP) is 1.78. The molecule has 0 bridgehead atoms. The van der Waals surface area contributed by atoms with Crippen molar-refractivity contribution in [2.45, 2.75) is 62.8 Å². The molecule has 8 heteroatoms. The lowest BCUT2D eigenvalue weighted by Crippen LogP contribution is -2.52. The Morgan fingerprint density at radius 3 is 2.50 bits per heavy atom. The molecule has 1 heterocycles. The van der Waals surface area contributed by atoms with Gasteiger partial charge in [0.2, 0.25) is 5.91 Å². The van der Waals surface area contributed by atoms with Crippen molar-refractivity contribution < 1.29 is 24.2 Å². The van der Waals surface area contributed by atoms with E-state index in [0.717, 1.165) is 12.8 Å². The first-order valence-corrected chi connectivity index (χ1v) is 9.84. The molecule has 1 saturated carbocycles. The Balaban J connectivity index is 1.45. The van der Waals surface area contributed by atoms with Gasteiger partial charge in [-0.1, -0.05) is 0 Å². The molecule has 2 aliphatic rings. The number of aliphatic hydroxyl groups is 1. The van der Waals surface area contributed by atoms with Gasteiger partial charge in [0.05, 0.1) is 32.3 Å². The van der Waals surface area contributed by atoms with E-state index in [1.807, 2.05) is 0 Å². The Morgan fingerprint density at radius 2 is 1.89 bits per heavy atom. The second-order valence-corrected chi connectivity index (χ2v) is 7.39. The van der Waals surface area contributed by atoms with Crippen molar-refractivity contribution in [2.75, 3.05) is 19.0 Å². The number of ether oxygens (including phenoxy) is 2. The van der Waals surface area contributed by atoms with Crippen LogP contribution < -0.4 is 20.7 Å². The SMILES string of the molecule is COc1ccc(NC(=O)N[C@@H]2CC[C@@H](CC(=O)NC3CCC3)O[C@H]2CO)cc1. The molecule has 1 saturated heterocycles. The molecule has 0 spiro atoms. The van der Waals surface area contributed by atoms with Crippen LogP contribution in [-0.4, -0.2) is 55.1 Å². The van der Waals surface area contributed by atoms with Crippen LogP contribution in [0.4, 0.5) is 10.5 Å². The van der Waals surface area contributed by atoms with Gasteiger partial charge < -0.3 is 30.5 Å². The van der Waals surface area contributed by atoms with Crippen LogP contribution in [0, 0.1) is 0 Å². The highest BCUT2D eigenvalue weighted by Crippen LogP contribution is 2.23. The number of carbonyl (C=O) groups is 2. The van der Waals surface area contributed by atoms with E-state index in [2.05, 4.69) is 16.0 Å². The Labute approximate surface area is 165 Å². The smallest absolute Gasteiger partial charge is 0.319 e. The minimum atomic E-state index is -0.531. The quantitative estimate of drug-likeness (QED) is 0.567. The van der Waals surface area contributed by atoms with Crippen LogP contribution in [0.3, 0.4) is 0 Å². The lowest BCUT2D eigenvalue weighted by molar-refractivity contribution is -0.131. The van der Waals surface area contributed by atoms with Gasteiger partial charge in [0.15, 0.2) is 0 Å². The molecule has 2 fully saturated rings. The van der Waals surface area contributed by atoms with Crippen LogP contribution >= 0.6 is 0 Å². The van der Waals surface area contributed by atoms with Crippen LogP contribution in [0.15, 0.2) is 24.3 Å². The maximum absolute atomic E-state index is 12.3. The summed E-state index contributed by atoms with van der Waals surface area (Å²) in [5.74, 6) is 0.703. The zero-order valence-electron chi connectivity index (χ0n) is 16.1. The number of methoxy groups -OCH3 is 1. The molecule has 1 aliphatic carbocycles. The van der Waals surface area contributed by atoms with Crippen LogP contribution in [0.2, 0.25) is 0 Å². The normalized spacial score (nSPS) is 24.7. The molecule has 3 rings (SSSR count). The Bertz CT molecular complexity index is 662. The highest BCUT2D eigenvalue weighted by atomic mass is 16.5. The molecule has 154 valence electrons. The van der Waals surface area contributed by atoms with E-state index in [9.17, 15) is 14.7 Å². The van der Waals surface area contributed by atoms with Crippen LogP contribution in [0.1, 0.15) is 38.5 Å². The van der Waals surface area contributed by atoms with Crippen molar-refractivity contribution in [3.05, 3.63) is 24.3 Å². The highest BCUT2D eigenvalue weighted by molar-refractivity contribution is 5.89. The minimum Gasteiger partial charge on any atom is -0.497 e. The number of nitrogens with one attached hydrogen (secondary N) is 3. The van der Waals surface area contributed by atoms with Gasteiger partial charge in [0.1, 0.15) is 11.9 Å². The van der Waals surface area contributed by atoms with Gasteiger partial charge in [-0.25, -0.2) is 4.79 Å². The number of hydrogen-bond donors (Lipinski definition) is 4. The fourth-order valence-corrected chi connectivity index (χ4v) is 3.50. The van der Waals surface area contributed by atoms with E-state index in [1.165, 1.54) is 6.42 Å². The maximum Gasteiger partial charge on any atom is 0.319 e. The van der Waals surface area contributed by atoms with Gasteiger partial charge >= 0.3 is 6.03 Å². The average Bonchev–Trinajstić information content (AvgIpc) is 2.66. The second kappa shape index (κ2) is 9.75. The fraction of sp³-hybridized carbons (Fsp3) is 0.600. The number of amides is 3. The molecule has 1 aliphatic heterocycles. The number of urea groups is 1. The van der Waals surface area contributed by atoms with Gasteiger partial charge in [0.25, 0.3) is 0 Å². The molecule has 28 heavy (non-hydrogen) atoms. The summed E-state index contributed by atoms with van der Waals surface area (Å²) in [5.41, 5.74) is 0.640. The van der Waals surface area contributed by atoms with E-state index in [0.29, 0.717) is 30.3 Å². The molecule has 8 nitrogen and oxygen atoms in total. The van der Waals surface area contributed by atoms with E-state index < -0.39 is 6.10 Å². The molecule has 1 aromatic rings. The summed E-state index contributed by atoms with van der Waals surface area (Å²) < 4.78 is 11.0. The lowest BCUT2D eigenvalue weighted by Gasteiger charge is -2.36. The van der Waals surface area contributed by atoms with Crippen molar-refractivity contribution in [3.8, 4) is 5.75 Å². The van der Waals surface area contributed by atoms with Crippen molar-refractivity contribution in [3.63, 3.8) is 0 Å². The molecular weight excluding hydrogens is 362 g/mol. The summed E-state index contributed by atoms with van der Waals surface area (Å²) >= 11 is 0. The zero-order valence-corrected chi connectivity index (χ0v) is 16.1. The monoisotopic (exact) mass is 391 g/mol. The minimum absolute atomic E-state index is 0.00459. The van der Waals surface area contributed by atoms with Gasteiger partial charge in [-0.2, -0.15) is 0 Å². The number of hydrogen-bond acceptors (Lipinski definition) is 5. The Hall–Kier alpha value is -2.32. The van der Waals surface area contributed by atoms with E-state index in [-0.39, 0.29) is 37.1 Å². The molecule has 0 radical (unpaired) electrons. The predicted molar refractivity (Wildman–Crippen MR) is 104 cm³/mol. The molecule has 3 amide bonds. The van der Waals surface area contributed by atoms with Crippen LogP contribution in [0.5, 0.6) is 5.75 Å². The maximum atomic E-state index is 12.3. The number of aliphatic hydroxyl groups excluding tert-OH is 1. The topological polar surface area (TPSA) is 109 Å². The summed E-state index contributed by atoms with van der Waals surface area (Å²) in [6.45, 7) is -0.214. The Kier molecular flexibility index (Phi) is 7.11. The van der Waals surface area contributed by atoms with Gasteiger partial charge in [0, 0.05) is 11.7 Å². The first kappa shape index (κ1) is 20.4. The molecular formula is C20H29N3O5. The first-order chi connectivity index (χ1) is 13.6. The third kappa shape index (κ3) is 5.59. The van der Waals surface area contributed by atoms with Crippen LogP contribution in [-0.2, 0) is 9.53 Å². The molecule has 3 atom stereocenters. The van der Waals surface area contributed by atoms with Crippen LogP contribution in [0.25, 0.3) is 0 Å².